The fourth-order valence-electron chi connectivity index (χ4n) is 5.12. The molecular weight excluding hydrogens is 440 g/mol. The molecule has 1 aliphatic heterocycles. The van der Waals surface area contributed by atoms with Crippen molar-refractivity contribution >= 4 is 16.7 Å². The van der Waals surface area contributed by atoms with Gasteiger partial charge in [0.05, 0.1) is 31.6 Å². The van der Waals surface area contributed by atoms with Crippen LogP contribution in [0.15, 0.2) is 42.9 Å². The van der Waals surface area contributed by atoms with Gasteiger partial charge in [-0.15, -0.1) is 5.10 Å². The smallest absolute Gasteiger partial charge is 0.128 e. The van der Waals surface area contributed by atoms with Gasteiger partial charge in [-0.1, -0.05) is 17.7 Å². The molecule has 9 heteroatoms. The molecule has 0 spiro atoms. The number of nitrogens with zero attached hydrogens (tertiary/aromatic N) is 6. The minimum absolute atomic E-state index is 0.567. The van der Waals surface area contributed by atoms with E-state index in [9.17, 15) is 0 Å². The van der Waals surface area contributed by atoms with Crippen molar-refractivity contribution in [3.63, 3.8) is 0 Å². The standard InChI is InChI=1S/C26H32N8O/c1-35-21-10-22(23-14-29-30-24(23)11-21)25-17-34(32-31-25)15-19-7-8-26(28-13-19)33-9-3-6-20(16-33)27-12-18-4-2-5-18/h7-8,10-11,13-14,17-18,20,27H,2-6,9,12,15-16H2,1H3,(H,29,30)/t20-/m1/s1. The van der Waals surface area contributed by atoms with E-state index in [1.54, 1.807) is 13.3 Å². The summed E-state index contributed by atoms with van der Waals surface area (Å²) in [5, 5.41) is 20.7. The van der Waals surface area contributed by atoms with Gasteiger partial charge in [-0.25, -0.2) is 9.67 Å². The summed E-state index contributed by atoms with van der Waals surface area (Å²) in [7, 11) is 1.66. The van der Waals surface area contributed by atoms with Gasteiger partial charge >= 0.3 is 0 Å². The second-order valence-corrected chi connectivity index (χ2v) is 9.82. The number of nitrogens with one attached hydrogen (secondary N) is 2. The summed E-state index contributed by atoms with van der Waals surface area (Å²) < 4.78 is 7.28. The SMILES string of the molecule is COc1cc(-c2cn(Cc3ccc(N4CCC[C@@H](NCC5CCC5)C4)nc3)nn2)c2cn[nH]c2c1. The Hall–Kier alpha value is -3.46. The molecule has 0 unspecified atom stereocenters. The first-order valence-corrected chi connectivity index (χ1v) is 12.6. The lowest BCUT2D eigenvalue weighted by atomic mass is 9.85. The summed E-state index contributed by atoms with van der Waals surface area (Å²) in [6.45, 7) is 3.90. The van der Waals surface area contributed by atoms with Gasteiger partial charge in [0.2, 0.25) is 0 Å². The Morgan fingerprint density at radius 1 is 1.14 bits per heavy atom. The van der Waals surface area contributed by atoms with Gasteiger partial charge < -0.3 is 15.0 Å². The Kier molecular flexibility index (Phi) is 6.08. The fraction of sp³-hybridized carbons (Fsp3) is 0.462. The van der Waals surface area contributed by atoms with Crippen molar-refractivity contribution in [2.45, 2.75) is 44.7 Å². The molecule has 2 aliphatic rings. The van der Waals surface area contributed by atoms with Crippen LogP contribution >= 0.6 is 0 Å². The number of rotatable bonds is 8. The van der Waals surface area contributed by atoms with Crippen molar-refractivity contribution in [1.82, 2.24) is 35.5 Å². The Labute approximate surface area is 204 Å². The van der Waals surface area contributed by atoms with Crippen LogP contribution in [0.5, 0.6) is 5.75 Å². The molecule has 1 aliphatic carbocycles. The van der Waals surface area contributed by atoms with Crippen molar-refractivity contribution in [2.24, 2.45) is 5.92 Å². The van der Waals surface area contributed by atoms with Gasteiger partial charge in [-0.3, -0.25) is 5.10 Å². The zero-order valence-electron chi connectivity index (χ0n) is 20.2. The van der Waals surface area contributed by atoms with E-state index in [-0.39, 0.29) is 0 Å². The lowest BCUT2D eigenvalue weighted by Gasteiger charge is -2.36. The molecular formula is C26H32N8O. The molecule has 4 heterocycles. The summed E-state index contributed by atoms with van der Waals surface area (Å²) in [5.74, 6) is 2.71. The maximum atomic E-state index is 5.44. The number of hydrogen-bond donors (Lipinski definition) is 2. The van der Waals surface area contributed by atoms with E-state index in [0.717, 1.165) is 58.3 Å². The number of aromatic nitrogens is 6. The van der Waals surface area contributed by atoms with Crippen LogP contribution in [0, 0.1) is 5.92 Å². The number of fused-ring (bicyclic) bond motifs is 1. The summed E-state index contributed by atoms with van der Waals surface area (Å²) in [4.78, 5) is 7.20. The Balaban J connectivity index is 1.11. The highest BCUT2D eigenvalue weighted by molar-refractivity contribution is 5.94. The molecule has 0 radical (unpaired) electrons. The molecule has 1 saturated carbocycles. The predicted octanol–water partition coefficient (Wildman–Crippen LogP) is 3.63. The van der Waals surface area contributed by atoms with Crippen LogP contribution in [0.4, 0.5) is 5.82 Å². The van der Waals surface area contributed by atoms with E-state index in [0.29, 0.717) is 12.6 Å². The molecule has 4 aromatic rings. The molecule has 2 fully saturated rings. The second kappa shape index (κ2) is 9.65. The highest BCUT2D eigenvalue weighted by Gasteiger charge is 2.23. The molecule has 0 amide bonds. The Morgan fingerprint density at radius 2 is 2.09 bits per heavy atom. The zero-order valence-corrected chi connectivity index (χ0v) is 20.2. The van der Waals surface area contributed by atoms with Crippen LogP contribution in [-0.4, -0.2) is 63.0 Å². The highest BCUT2D eigenvalue weighted by atomic mass is 16.5. The molecule has 1 saturated heterocycles. The average molecular weight is 473 g/mol. The Bertz CT molecular complexity index is 1280. The largest absolute Gasteiger partial charge is 0.497 e. The van der Waals surface area contributed by atoms with Gasteiger partial charge in [0.25, 0.3) is 0 Å². The topological polar surface area (TPSA) is 96.8 Å². The van der Waals surface area contributed by atoms with E-state index in [4.69, 9.17) is 9.72 Å². The molecule has 6 rings (SSSR count). The van der Waals surface area contributed by atoms with E-state index in [2.05, 4.69) is 42.9 Å². The minimum Gasteiger partial charge on any atom is -0.497 e. The van der Waals surface area contributed by atoms with Gasteiger partial charge in [-0.05, 0) is 55.8 Å². The third kappa shape index (κ3) is 4.73. The van der Waals surface area contributed by atoms with Crippen LogP contribution in [-0.2, 0) is 6.54 Å². The number of benzene rings is 1. The zero-order chi connectivity index (χ0) is 23.6. The summed E-state index contributed by atoms with van der Waals surface area (Å²) in [6, 6.07) is 8.75. The van der Waals surface area contributed by atoms with Crippen LogP contribution in [0.2, 0.25) is 0 Å². The average Bonchev–Trinajstić information content (AvgIpc) is 3.53. The van der Waals surface area contributed by atoms with Crippen molar-refractivity contribution < 1.29 is 4.74 Å². The van der Waals surface area contributed by atoms with E-state index >= 15 is 0 Å². The third-order valence-corrected chi connectivity index (χ3v) is 7.40. The van der Waals surface area contributed by atoms with Gasteiger partial charge in [-0.2, -0.15) is 5.10 Å². The maximum absolute atomic E-state index is 5.44. The van der Waals surface area contributed by atoms with E-state index in [1.807, 2.05) is 29.2 Å². The van der Waals surface area contributed by atoms with E-state index in [1.165, 1.54) is 38.6 Å². The molecule has 3 aromatic heterocycles. The normalized spacial score (nSPS) is 18.7. The molecule has 0 bridgehead atoms. The molecule has 35 heavy (non-hydrogen) atoms. The quantitative estimate of drug-likeness (QED) is 0.404. The lowest BCUT2D eigenvalue weighted by Crippen LogP contribution is -2.47. The molecule has 1 atom stereocenters. The van der Waals surface area contributed by atoms with Crippen molar-refractivity contribution in [1.29, 1.82) is 0 Å². The summed E-state index contributed by atoms with van der Waals surface area (Å²) in [6.07, 6.45) is 12.4. The van der Waals surface area contributed by atoms with E-state index < -0.39 is 0 Å². The van der Waals surface area contributed by atoms with Crippen molar-refractivity contribution in [3.05, 3.63) is 48.4 Å². The fourth-order valence-corrected chi connectivity index (χ4v) is 5.12. The molecule has 9 nitrogen and oxygen atoms in total. The number of methoxy groups -OCH3 is 1. The molecule has 2 N–H and O–H groups in total. The number of ether oxygens (including phenoxy) is 1. The number of aromatic amines is 1. The second-order valence-electron chi connectivity index (χ2n) is 9.82. The summed E-state index contributed by atoms with van der Waals surface area (Å²) in [5.41, 5.74) is 3.74. The number of pyridine rings is 1. The number of anilines is 1. The first-order valence-electron chi connectivity index (χ1n) is 12.6. The third-order valence-electron chi connectivity index (χ3n) is 7.40. The first kappa shape index (κ1) is 22.0. The number of piperidine rings is 1. The monoisotopic (exact) mass is 472 g/mol. The molecule has 182 valence electrons. The van der Waals surface area contributed by atoms with Crippen LogP contribution in [0.1, 0.15) is 37.7 Å². The maximum Gasteiger partial charge on any atom is 0.128 e. The Morgan fingerprint density at radius 3 is 2.89 bits per heavy atom. The number of H-pyrrole nitrogens is 1. The number of hydrogen-bond acceptors (Lipinski definition) is 7. The van der Waals surface area contributed by atoms with Crippen LogP contribution in [0.3, 0.4) is 0 Å². The minimum atomic E-state index is 0.567. The predicted molar refractivity (Wildman–Crippen MR) is 136 cm³/mol. The van der Waals surface area contributed by atoms with Crippen LogP contribution in [0.25, 0.3) is 22.2 Å². The van der Waals surface area contributed by atoms with Gasteiger partial charge in [0.1, 0.15) is 17.3 Å². The van der Waals surface area contributed by atoms with Gasteiger partial charge in [0.15, 0.2) is 0 Å². The van der Waals surface area contributed by atoms with Crippen molar-refractivity contribution in [2.75, 3.05) is 31.6 Å². The summed E-state index contributed by atoms with van der Waals surface area (Å²) >= 11 is 0. The lowest BCUT2D eigenvalue weighted by molar-refractivity contribution is 0.280. The van der Waals surface area contributed by atoms with Gasteiger partial charge in [0, 0.05) is 42.3 Å². The van der Waals surface area contributed by atoms with Crippen molar-refractivity contribution in [3.8, 4) is 17.0 Å². The first-order chi connectivity index (χ1) is 17.2. The van der Waals surface area contributed by atoms with Crippen LogP contribution < -0.4 is 15.0 Å². The molecule has 1 aromatic carbocycles. The highest BCUT2D eigenvalue weighted by Crippen LogP contribution is 2.31.